The molecule has 0 fully saturated rings. The molecular weight excluding hydrogens is 274 g/mol. The van der Waals surface area contributed by atoms with Crippen molar-refractivity contribution in [2.24, 2.45) is 0 Å². The molecule has 1 unspecified atom stereocenters. The standard InChI is InChI=1S/C15H23NO3S/c1-3-7-16-15(6-8-20(2,17)18)12-4-5-13-10-19-11-14(13)9-12/h4-5,9,15-16H,3,6-8,10-11H2,1-2H3. The molecule has 1 aliphatic rings. The number of benzene rings is 1. The lowest BCUT2D eigenvalue weighted by Gasteiger charge is -2.19. The summed E-state index contributed by atoms with van der Waals surface area (Å²) in [7, 11) is -2.93. The van der Waals surface area contributed by atoms with Crippen molar-refractivity contribution in [3.8, 4) is 0 Å². The Morgan fingerprint density at radius 3 is 2.75 bits per heavy atom. The molecule has 0 saturated carbocycles. The van der Waals surface area contributed by atoms with Crippen LogP contribution in [0.3, 0.4) is 0 Å². The first-order valence-corrected chi connectivity index (χ1v) is 9.16. The molecule has 0 aromatic heterocycles. The van der Waals surface area contributed by atoms with Gasteiger partial charge in [-0.15, -0.1) is 0 Å². The second kappa shape index (κ2) is 6.70. The van der Waals surface area contributed by atoms with E-state index < -0.39 is 9.84 Å². The molecule has 1 aromatic rings. The zero-order valence-corrected chi connectivity index (χ0v) is 13.0. The Morgan fingerprint density at radius 2 is 2.05 bits per heavy atom. The van der Waals surface area contributed by atoms with Gasteiger partial charge in [0.25, 0.3) is 0 Å². The molecule has 4 nitrogen and oxygen atoms in total. The summed E-state index contributed by atoms with van der Waals surface area (Å²) in [5.41, 5.74) is 3.63. The highest BCUT2D eigenvalue weighted by Crippen LogP contribution is 2.25. The molecule has 1 heterocycles. The number of nitrogens with one attached hydrogen (secondary N) is 1. The summed E-state index contributed by atoms with van der Waals surface area (Å²) in [6.07, 6.45) is 2.93. The van der Waals surface area contributed by atoms with Gasteiger partial charge < -0.3 is 10.1 Å². The van der Waals surface area contributed by atoms with Gasteiger partial charge >= 0.3 is 0 Å². The zero-order chi connectivity index (χ0) is 14.6. The highest BCUT2D eigenvalue weighted by atomic mass is 32.2. The van der Waals surface area contributed by atoms with Crippen LogP contribution in [0.2, 0.25) is 0 Å². The Labute approximate surface area is 121 Å². The van der Waals surface area contributed by atoms with Gasteiger partial charge in [0.1, 0.15) is 9.84 Å². The fourth-order valence-corrected chi connectivity index (χ4v) is 3.11. The number of sulfone groups is 1. The topological polar surface area (TPSA) is 55.4 Å². The van der Waals surface area contributed by atoms with E-state index in [1.807, 2.05) is 0 Å². The maximum absolute atomic E-state index is 11.4. The summed E-state index contributed by atoms with van der Waals surface area (Å²) in [5, 5.41) is 3.44. The van der Waals surface area contributed by atoms with Crippen LogP contribution in [0.25, 0.3) is 0 Å². The van der Waals surface area contributed by atoms with Crippen molar-refractivity contribution < 1.29 is 13.2 Å². The first kappa shape index (κ1) is 15.5. The first-order chi connectivity index (χ1) is 9.49. The molecule has 0 radical (unpaired) electrons. The summed E-state index contributed by atoms with van der Waals surface area (Å²) in [5.74, 6) is 0.210. The fraction of sp³-hybridized carbons (Fsp3) is 0.600. The molecule has 0 amide bonds. The lowest BCUT2D eigenvalue weighted by molar-refractivity contribution is 0.134. The van der Waals surface area contributed by atoms with Crippen LogP contribution in [0, 0.1) is 0 Å². The Hall–Kier alpha value is -0.910. The molecule has 2 rings (SSSR count). The van der Waals surface area contributed by atoms with Crippen molar-refractivity contribution in [2.45, 2.75) is 39.0 Å². The van der Waals surface area contributed by atoms with Crippen LogP contribution in [0.4, 0.5) is 0 Å². The Balaban J connectivity index is 2.12. The van der Waals surface area contributed by atoms with Crippen molar-refractivity contribution in [1.29, 1.82) is 0 Å². The van der Waals surface area contributed by atoms with E-state index in [0.29, 0.717) is 19.6 Å². The van der Waals surface area contributed by atoms with E-state index >= 15 is 0 Å². The summed E-state index contributed by atoms with van der Waals surface area (Å²) in [6.45, 7) is 4.35. The Bertz CT molecular complexity index is 554. The minimum Gasteiger partial charge on any atom is -0.372 e. The van der Waals surface area contributed by atoms with Crippen molar-refractivity contribution in [3.05, 3.63) is 34.9 Å². The number of hydrogen-bond donors (Lipinski definition) is 1. The van der Waals surface area contributed by atoms with E-state index in [4.69, 9.17) is 4.74 Å². The second-order valence-corrected chi connectivity index (χ2v) is 7.71. The van der Waals surface area contributed by atoms with Gasteiger partial charge in [-0.1, -0.05) is 25.1 Å². The van der Waals surface area contributed by atoms with Crippen LogP contribution < -0.4 is 5.32 Å². The van der Waals surface area contributed by atoms with Gasteiger partial charge in [-0.3, -0.25) is 0 Å². The quantitative estimate of drug-likeness (QED) is 0.838. The van der Waals surface area contributed by atoms with Gasteiger partial charge in [0.15, 0.2) is 0 Å². The van der Waals surface area contributed by atoms with Gasteiger partial charge in [-0.25, -0.2) is 8.42 Å². The average molecular weight is 297 g/mol. The predicted molar refractivity (Wildman–Crippen MR) is 80.3 cm³/mol. The zero-order valence-electron chi connectivity index (χ0n) is 12.2. The van der Waals surface area contributed by atoms with E-state index in [1.54, 1.807) is 0 Å². The van der Waals surface area contributed by atoms with Crippen LogP contribution in [-0.2, 0) is 27.8 Å². The van der Waals surface area contributed by atoms with Crippen LogP contribution >= 0.6 is 0 Å². The summed E-state index contributed by atoms with van der Waals surface area (Å²) < 4.78 is 28.2. The molecule has 0 aliphatic carbocycles. The highest BCUT2D eigenvalue weighted by Gasteiger charge is 2.17. The molecule has 1 aromatic carbocycles. The summed E-state index contributed by atoms with van der Waals surface area (Å²) in [4.78, 5) is 0. The van der Waals surface area contributed by atoms with E-state index in [9.17, 15) is 8.42 Å². The molecule has 0 saturated heterocycles. The van der Waals surface area contributed by atoms with Crippen molar-refractivity contribution in [3.63, 3.8) is 0 Å². The van der Waals surface area contributed by atoms with E-state index in [-0.39, 0.29) is 11.8 Å². The number of rotatable bonds is 7. The monoisotopic (exact) mass is 297 g/mol. The fourth-order valence-electron chi connectivity index (χ4n) is 2.45. The van der Waals surface area contributed by atoms with E-state index in [2.05, 4.69) is 30.4 Å². The summed E-state index contributed by atoms with van der Waals surface area (Å²) in [6, 6.07) is 6.43. The smallest absolute Gasteiger partial charge is 0.147 e. The maximum atomic E-state index is 11.4. The van der Waals surface area contributed by atoms with Gasteiger partial charge in [-0.05, 0) is 36.1 Å². The third-order valence-corrected chi connectivity index (χ3v) is 4.54. The SMILES string of the molecule is CCCNC(CCS(C)(=O)=O)c1ccc2c(c1)COC2. The van der Waals surface area contributed by atoms with Gasteiger partial charge in [0.2, 0.25) is 0 Å². The van der Waals surface area contributed by atoms with Crippen molar-refractivity contribution >= 4 is 9.84 Å². The number of fused-ring (bicyclic) bond motifs is 1. The molecule has 0 spiro atoms. The molecule has 1 aliphatic heterocycles. The van der Waals surface area contributed by atoms with E-state index in [1.165, 1.54) is 17.4 Å². The largest absolute Gasteiger partial charge is 0.372 e. The van der Waals surface area contributed by atoms with Gasteiger partial charge in [-0.2, -0.15) is 0 Å². The van der Waals surface area contributed by atoms with Crippen LogP contribution in [0.1, 0.15) is 42.5 Å². The van der Waals surface area contributed by atoms with Crippen LogP contribution in [0.5, 0.6) is 0 Å². The second-order valence-electron chi connectivity index (χ2n) is 5.45. The molecular formula is C15H23NO3S. The van der Waals surface area contributed by atoms with Crippen LogP contribution in [-0.4, -0.2) is 27.0 Å². The normalized spacial score (nSPS) is 16.1. The maximum Gasteiger partial charge on any atom is 0.147 e. The highest BCUT2D eigenvalue weighted by molar-refractivity contribution is 7.90. The Morgan fingerprint density at radius 1 is 1.30 bits per heavy atom. The summed E-state index contributed by atoms with van der Waals surface area (Å²) >= 11 is 0. The van der Waals surface area contributed by atoms with Crippen LogP contribution in [0.15, 0.2) is 18.2 Å². The molecule has 1 atom stereocenters. The third kappa shape index (κ3) is 4.30. The van der Waals surface area contributed by atoms with Crippen molar-refractivity contribution in [2.75, 3.05) is 18.6 Å². The first-order valence-electron chi connectivity index (χ1n) is 7.10. The lowest BCUT2D eigenvalue weighted by Crippen LogP contribution is -2.24. The van der Waals surface area contributed by atoms with E-state index in [0.717, 1.165) is 18.5 Å². The lowest BCUT2D eigenvalue weighted by atomic mass is 9.99. The minimum atomic E-state index is -2.93. The number of ether oxygens (including phenoxy) is 1. The average Bonchev–Trinajstić information content (AvgIpc) is 2.85. The molecule has 5 heteroatoms. The minimum absolute atomic E-state index is 0.0931. The van der Waals surface area contributed by atoms with Crippen molar-refractivity contribution in [1.82, 2.24) is 5.32 Å². The molecule has 0 bridgehead atoms. The number of hydrogen-bond acceptors (Lipinski definition) is 4. The third-order valence-electron chi connectivity index (χ3n) is 3.57. The van der Waals surface area contributed by atoms with Gasteiger partial charge in [0.05, 0.1) is 19.0 Å². The molecule has 1 N–H and O–H groups in total. The Kier molecular flexibility index (Phi) is 5.18. The molecule has 112 valence electrons. The van der Waals surface area contributed by atoms with Gasteiger partial charge in [0, 0.05) is 12.3 Å². The predicted octanol–water partition coefficient (Wildman–Crippen LogP) is 2.19. The molecule has 20 heavy (non-hydrogen) atoms.